The Hall–Kier alpha value is -1.91. The van der Waals surface area contributed by atoms with E-state index in [1.807, 2.05) is 0 Å². The van der Waals surface area contributed by atoms with Crippen LogP contribution in [0, 0.1) is 17.2 Å². The summed E-state index contributed by atoms with van der Waals surface area (Å²) in [7, 11) is 0. The molecule has 6 nitrogen and oxygen atoms in total. The number of fused-ring (bicyclic) bond motifs is 1. The zero-order chi connectivity index (χ0) is 15.4. The molecule has 1 atom stereocenters. The highest BCUT2D eigenvalue weighted by Crippen LogP contribution is 2.39. The van der Waals surface area contributed by atoms with Gasteiger partial charge in [-0.3, -0.25) is 9.59 Å². The molecule has 0 bridgehead atoms. The molecule has 7 heteroatoms. The number of rotatable bonds is 3. The van der Waals surface area contributed by atoms with E-state index in [2.05, 4.69) is 23.6 Å². The van der Waals surface area contributed by atoms with Crippen molar-refractivity contribution in [3.8, 4) is 6.07 Å². The Kier molecular flexibility index (Phi) is 4.94. The standard InChI is InChI=1S/C14H17N3O3S/c1-8-2-3-9-10(7-15)14(21-11(9)6-8)17-13(20)12(19)16-4-5-18/h8,18H,2-6H2,1H3,(H,16,19)(H,17,20)/t8-/m0/s1. The molecule has 0 saturated carbocycles. The van der Waals surface area contributed by atoms with E-state index in [9.17, 15) is 14.9 Å². The predicted octanol–water partition coefficient (Wildman–Crippen LogP) is 0.792. The number of aliphatic hydroxyl groups is 1. The number of hydrogen-bond donors (Lipinski definition) is 3. The van der Waals surface area contributed by atoms with Gasteiger partial charge in [0, 0.05) is 11.4 Å². The van der Waals surface area contributed by atoms with E-state index in [0.29, 0.717) is 16.5 Å². The van der Waals surface area contributed by atoms with Crippen LogP contribution in [-0.2, 0) is 22.4 Å². The van der Waals surface area contributed by atoms with Crippen molar-refractivity contribution < 1.29 is 14.7 Å². The fourth-order valence-corrected chi connectivity index (χ4v) is 3.72. The second-order valence-electron chi connectivity index (χ2n) is 5.10. The van der Waals surface area contributed by atoms with Crippen LogP contribution in [0.1, 0.15) is 29.3 Å². The normalized spacial score (nSPS) is 16.7. The van der Waals surface area contributed by atoms with Crippen LogP contribution in [0.15, 0.2) is 0 Å². The van der Waals surface area contributed by atoms with Crippen LogP contribution in [0.4, 0.5) is 5.00 Å². The molecule has 0 aliphatic heterocycles. The Labute approximate surface area is 126 Å². The molecule has 1 aliphatic carbocycles. The van der Waals surface area contributed by atoms with Gasteiger partial charge in [-0.05, 0) is 30.7 Å². The van der Waals surface area contributed by atoms with Crippen LogP contribution in [0.5, 0.6) is 0 Å². The minimum atomic E-state index is -0.813. The molecule has 0 saturated heterocycles. The molecule has 0 unspecified atom stereocenters. The third kappa shape index (κ3) is 3.40. The summed E-state index contributed by atoms with van der Waals surface area (Å²) < 4.78 is 0. The summed E-state index contributed by atoms with van der Waals surface area (Å²) in [5.41, 5.74) is 1.48. The molecule has 1 aliphatic rings. The first-order chi connectivity index (χ1) is 10.1. The van der Waals surface area contributed by atoms with Gasteiger partial charge in [-0.25, -0.2) is 0 Å². The number of hydrogen-bond acceptors (Lipinski definition) is 5. The van der Waals surface area contributed by atoms with Gasteiger partial charge in [0.25, 0.3) is 0 Å². The van der Waals surface area contributed by atoms with E-state index in [-0.39, 0.29) is 13.2 Å². The van der Waals surface area contributed by atoms with Gasteiger partial charge in [0.15, 0.2) is 0 Å². The third-order valence-electron chi connectivity index (χ3n) is 3.45. The first-order valence-corrected chi connectivity index (χ1v) is 7.63. The molecule has 21 heavy (non-hydrogen) atoms. The first-order valence-electron chi connectivity index (χ1n) is 6.81. The molecule has 0 fully saturated rings. The molecule has 0 spiro atoms. The number of thiophene rings is 1. The lowest BCUT2D eigenvalue weighted by atomic mass is 9.89. The highest BCUT2D eigenvalue weighted by Gasteiger charge is 2.25. The van der Waals surface area contributed by atoms with Gasteiger partial charge in [0.05, 0.1) is 12.2 Å². The van der Waals surface area contributed by atoms with Crippen molar-refractivity contribution in [2.75, 3.05) is 18.5 Å². The van der Waals surface area contributed by atoms with Crippen molar-refractivity contribution in [1.82, 2.24) is 5.32 Å². The smallest absolute Gasteiger partial charge is 0.314 e. The van der Waals surface area contributed by atoms with Crippen LogP contribution >= 0.6 is 11.3 Å². The summed E-state index contributed by atoms with van der Waals surface area (Å²) in [4.78, 5) is 24.4. The maximum atomic E-state index is 11.8. The summed E-state index contributed by atoms with van der Waals surface area (Å²) in [5.74, 6) is -1.06. The molecular formula is C14H17N3O3S. The Morgan fingerprint density at radius 2 is 2.24 bits per heavy atom. The lowest BCUT2D eigenvalue weighted by Crippen LogP contribution is -2.36. The number of aliphatic hydroxyl groups excluding tert-OH is 1. The largest absolute Gasteiger partial charge is 0.395 e. The number of nitriles is 1. The first kappa shape index (κ1) is 15.5. The lowest BCUT2D eigenvalue weighted by Gasteiger charge is -2.17. The van der Waals surface area contributed by atoms with Crippen LogP contribution < -0.4 is 10.6 Å². The van der Waals surface area contributed by atoms with Crippen LogP contribution in [-0.4, -0.2) is 30.1 Å². The Morgan fingerprint density at radius 3 is 2.90 bits per heavy atom. The zero-order valence-corrected chi connectivity index (χ0v) is 12.5. The van der Waals surface area contributed by atoms with E-state index in [4.69, 9.17) is 5.11 Å². The van der Waals surface area contributed by atoms with Gasteiger partial charge in [0.1, 0.15) is 11.1 Å². The van der Waals surface area contributed by atoms with Gasteiger partial charge < -0.3 is 15.7 Å². The maximum Gasteiger partial charge on any atom is 0.314 e. The molecule has 1 heterocycles. The van der Waals surface area contributed by atoms with Crippen molar-refractivity contribution in [3.63, 3.8) is 0 Å². The molecule has 1 aromatic rings. The SMILES string of the molecule is C[C@H]1CCc2c(sc(NC(=O)C(=O)NCCO)c2C#N)C1. The number of amides is 2. The molecular weight excluding hydrogens is 290 g/mol. The monoisotopic (exact) mass is 307 g/mol. The summed E-state index contributed by atoms with van der Waals surface area (Å²) in [6, 6.07) is 2.13. The number of carbonyl (C=O) groups is 2. The average molecular weight is 307 g/mol. The van der Waals surface area contributed by atoms with Gasteiger partial charge in [-0.15, -0.1) is 11.3 Å². The molecule has 0 aromatic carbocycles. The number of anilines is 1. The summed E-state index contributed by atoms with van der Waals surface area (Å²) in [5, 5.41) is 23.1. The minimum absolute atomic E-state index is 0.0236. The summed E-state index contributed by atoms with van der Waals surface area (Å²) >= 11 is 1.38. The van der Waals surface area contributed by atoms with Crippen molar-refractivity contribution in [1.29, 1.82) is 5.26 Å². The molecule has 2 rings (SSSR count). The van der Waals surface area contributed by atoms with Gasteiger partial charge in [-0.1, -0.05) is 6.92 Å². The predicted molar refractivity (Wildman–Crippen MR) is 78.9 cm³/mol. The number of carbonyl (C=O) groups excluding carboxylic acids is 2. The van der Waals surface area contributed by atoms with Crippen molar-refractivity contribution >= 4 is 28.2 Å². The zero-order valence-electron chi connectivity index (χ0n) is 11.7. The topological polar surface area (TPSA) is 102 Å². The van der Waals surface area contributed by atoms with E-state index < -0.39 is 11.8 Å². The highest BCUT2D eigenvalue weighted by molar-refractivity contribution is 7.16. The molecule has 3 N–H and O–H groups in total. The second kappa shape index (κ2) is 6.70. The van der Waals surface area contributed by atoms with Crippen LogP contribution in [0.3, 0.4) is 0 Å². The Balaban J connectivity index is 2.16. The van der Waals surface area contributed by atoms with E-state index in [0.717, 1.165) is 29.7 Å². The lowest BCUT2D eigenvalue weighted by molar-refractivity contribution is -0.136. The van der Waals surface area contributed by atoms with Crippen LogP contribution in [0.2, 0.25) is 0 Å². The maximum absolute atomic E-state index is 11.8. The van der Waals surface area contributed by atoms with E-state index >= 15 is 0 Å². The Morgan fingerprint density at radius 1 is 1.48 bits per heavy atom. The highest BCUT2D eigenvalue weighted by atomic mass is 32.1. The summed E-state index contributed by atoms with van der Waals surface area (Å²) in [6.45, 7) is 1.96. The Bertz CT molecular complexity index is 603. The van der Waals surface area contributed by atoms with Gasteiger partial charge in [-0.2, -0.15) is 5.26 Å². The fraction of sp³-hybridized carbons (Fsp3) is 0.500. The number of nitrogens with zero attached hydrogens (tertiary/aromatic N) is 1. The number of nitrogens with one attached hydrogen (secondary N) is 2. The van der Waals surface area contributed by atoms with Gasteiger partial charge >= 0.3 is 11.8 Å². The molecule has 112 valence electrons. The average Bonchev–Trinajstić information content (AvgIpc) is 2.80. The molecule has 1 aromatic heterocycles. The third-order valence-corrected chi connectivity index (χ3v) is 4.62. The van der Waals surface area contributed by atoms with E-state index in [1.165, 1.54) is 11.3 Å². The summed E-state index contributed by atoms with van der Waals surface area (Å²) in [6.07, 6.45) is 2.77. The van der Waals surface area contributed by atoms with Crippen LogP contribution in [0.25, 0.3) is 0 Å². The van der Waals surface area contributed by atoms with Gasteiger partial charge in [0.2, 0.25) is 0 Å². The van der Waals surface area contributed by atoms with Crippen molar-refractivity contribution in [3.05, 3.63) is 16.0 Å². The quantitative estimate of drug-likeness (QED) is 0.718. The van der Waals surface area contributed by atoms with E-state index in [1.54, 1.807) is 0 Å². The molecule has 0 radical (unpaired) electrons. The second-order valence-corrected chi connectivity index (χ2v) is 6.21. The van der Waals surface area contributed by atoms with Crippen molar-refractivity contribution in [2.24, 2.45) is 5.92 Å². The fourth-order valence-electron chi connectivity index (χ4n) is 2.37. The van der Waals surface area contributed by atoms with Crippen molar-refractivity contribution in [2.45, 2.75) is 26.2 Å². The minimum Gasteiger partial charge on any atom is -0.395 e. The molecule has 2 amide bonds.